The first-order valence-electron chi connectivity index (χ1n) is 6.98. The van der Waals surface area contributed by atoms with Crippen LogP contribution in [-0.4, -0.2) is 30.4 Å². The minimum Gasteiger partial charge on any atom is -0.496 e. The van der Waals surface area contributed by atoms with Gasteiger partial charge < -0.3 is 20.5 Å². The predicted molar refractivity (Wildman–Crippen MR) is 78.1 cm³/mol. The van der Waals surface area contributed by atoms with Gasteiger partial charge in [0.1, 0.15) is 5.75 Å². The average molecular weight is 278 g/mol. The van der Waals surface area contributed by atoms with E-state index in [2.05, 4.69) is 10.6 Å². The lowest BCUT2D eigenvalue weighted by Gasteiger charge is -2.26. The maximum Gasteiger partial charge on any atom is 0.319 e. The lowest BCUT2D eigenvalue weighted by Crippen LogP contribution is -2.40. The summed E-state index contributed by atoms with van der Waals surface area (Å²) in [4.78, 5) is 11.9. The zero-order valence-electron chi connectivity index (χ0n) is 12.0. The molecule has 20 heavy (non-hydrogen) atoms. The number of rotatable bonds is 3. The third kappa shape index (κ3) is 3.87. The highest BCUT2D eigenvalue weighted by Crippen LogP contribution is 2.22. The zero-order chi connectivity index (χ0) is 14.5. The smallest absolute Gasteiger partial charge is 0.319 e. The standard InChI is InChI=1S/C15H22N2O3/c1-10-9-12(5-8-14(10)20-2)17-15(19)16-11-3-6-13(18)7-4-11/h5,8-9,11,13,18H,3-4,6-7H2,1-2H3,(H2,16,17,19). The molecule has 0 spiro atoms. The molecule has 0 heterocycles. The van der Waals surface area contributed by atoms with Gasteiger partial charge in [0.15, 0.2) is 0 Å². The number of aliphatic hydroxyl groups excluding tert-OH is 1. The molecule has 1 aliphatic rings. The van der Waals surface area contributed by atoms with Crippen molar-refractivity contribution in [1.82, 2.24) is 5.32 Å². The van der Waals surface area contributed by atoms with Crippen LogP contribution in [0.15, 0.2) is 18.2 Å². The summed E-state index contributed by atoms with van der Waals surface area (Å²) in [5.41, 5.74) is 1.72. The van der Waals surface area contributed by atoms with Crippen LogP contribution in [0, 0.1) is 6.92 Å². The number of aliphatic hydroxyl groups is 1. The monoisotopic (exact) mass is 278 g/mol. The van der Waals surface area contributed by atoms with E-state index >= 15 is 0 Å². The van der Waals surface area contributed by atoms with Gasteiger partial charge in [-0.3, -0.25) is 0 Å². The first-order chi connectivity index (χ1) is 9.58. The second kappa shape index (κ2) is 6.61. The summed E-state index contributed by atoms with van der Waals surface area (Å²) in [5, 5.41) is 15.2. The number of nitrogens with one attached hydrogen (secondary N) is 2. The minimum atomic E-state index is -0.208. The van der Waals surface area contributed by atoms with Crippen molar-refractivity contribution in [3.8, 4) is 5.75 Å². The molecule has 1 saturated carbocycles. The number of aryl methyl sites for hydroxylation is 1. The molecule has 1 aromatic rings. The maximum absolute atomic E-state index is 11.9. The van der Waals surface area contributed by atoms with Crippen LogP contribution in [0.4, 0.5) is 10.5 Å². The Balaban J connectivity index is 1.86. The summed E-state index contributed by atoms with van der Waals surface area (Å²) in [5.74, 6) is 0.803. The number of hydrogen-bond donors (Lipinski definition) is 3. The fourth-order valence-electron chi connectivity index (χ4n) is 2.53. The molecule has 2 amide bonds. The molecule has 0 aliphatic heterocycles. The highest BCUT2D eigenvalue weighted by Gasteiger charge is 2.20. The summed E-state index contributed by atoms with van der Waals surface area (Å²) in [7, 11) is 1.62. The number of carbonyl (C=O) groups is 1. The van der Waals surface area contributed by atoms with Gasteiger partial charge in [0.2, 0.25) is 0 Å². The van der Waals surface area contributed by atoms with Crippen LogP contribution in [0.1, 0.15) is 31.2 Å². The van der Waals surface area contributed by atoms with E-state index in [9.17, 15) is 9.90 Å². The first kappa shape index (κ1) is 14.7. The third-order valence-electron chi connectivity index (χ3n) is 3.68. The Kier molecular flexibility index (Phi) is 4.84. The largest absolute Gasteiger partial charge is 0.496 e. The van der Waals surface area contributed by atoms with Gasteiger partial charge in [0.25, 0.3) is 0 Å². The molecule has 0 aromatic heterocycles. The van der Waals surface area contributed by atoms with Gasteiger partial charge in [-0.25, -0.2) is 4.79 Å². The molecule has 5 heteroatoms. The Morgan fingerprint density at radius 1 is 1.30 bits per heavy atom. The molecule has 1 aromatic carbocycles. The van der Waals surface area contributed by atoms with Crippen molar-refractivity contribution in [1.29, 1.82) is 0 Å². The zero-order valence-corrected chi connectivity index (χ0v) is 12.0. The second-order valence-electron chi connectivity index (χ2n) is 5.29. The fraction of sp³-hybridized carbons (Fsp3) is 0.533. The van der Waals surface area contributed by atoms with Gasteiger partial charge in [-0.1, -0.05) is 0 Å². The SMILES string of the molecule is COc1ccc(NC(=O)NC2CCC(O)CC2)cc1C. The van der Waals surface area contributed by atoms with Gasteiger partial charge in [0, 0.05) is 11.7 Å². The highest BCUT2D eigenvalue weighted by atomic mass is 16.5. The molecule has 0 radical (unpaired) electrons. The van der Waals surface area contributed by atoms with E-state index in [1.807, 2.05) is 25.1 Å². The Hall–Kier alpha value is -1.75. The predicted octanol–water partition coefficient (Wildman–Crippen LogP) is 2.43. The molecule has 0 bridgehead atoms. The molecule has 1 aliphatic carbocycles. The minimum absolute atomic E-state index is 0.151. The second-order valence-corrected chi connectivity index (χ2v) is 5.29. The summed E-state index contributed by atoms with van der Waals surface area (Å²) >= 11 is 0. The molecular formula is C15H22N2O3. The highest BCUT2D eigenvalue weighted by molar-refractivity contribution is 5.89. The van der Waals surface area contributed by atoms with Crippen LogP contribution >= 0.6 is 0 Å². The van der Waals surface area contributed by atoms with Crippen LogP contribution in [-0.2, 0) is 0 Å². The number of ether oxygens (including phenoxy) is 1. The molecule has 3 N–H and O–H groups in total. The van der Waals surface area contributed by atoms with Crippen LogP contribution < -0.4 is 15.4 Å². The van der Waals surface area contributed by atoms with Gasteiger partial charge in [-0.05, 0) is 56.4 Å². The normalized spacial score (nSPS) is 22.1. The fourth-order valence-corrected chi connectivity index (χ4v) is 2.53. The van der Waals surface area contributed by atoms with Gasteiger partial charge in [-0.15, -0.1) is 0 Å². The number of amides is 2. The van der Waals surface area contributed by atoms with Crippen molar-refractivity contribution >= 4 is 11.7 Å². The Bertz CT molecular complexity index is 468. The van der Waals surface area contributed by atoms with Crippen molar-refractivity contribution in [2.75, 3.05) is 12.4 Å². The topological polar surface area (TPSA) is 70.6 Å². The van der Waals surface area contributed by atoms with E-state index < -0.39 is 0 Å². The van der Waals surface area contributed by atoms with Crippen molar-refractivity contribution < 1.29 is 14.6 Å². The van der Waals surface area contributed by atoms with Crippen molar-refractivity contribution in [3.63, 3.8) is 0 Å². The number of anilines is 1. The van der Waals surface area contributed by atoms with Crippen molar-refractivity contribution in [2.45, 2.75) is 44.8 Å². The summed E-state index contributed by atoms with van der Waals surface area (Å²) in [6.45, 7) is 1.93. The van der Waals surface area contributed by atoms with Crippen molar-refractivity contribution in [3.05, 3.63) is 23.8 Å². The first-order valence-corrected chi connectivity index (χ1v) is 6.98. The Labute approximate surface area is 119 Å². The van der Waals surface area contributed by atoms with Crippen molar-refractivity contribution in [2.24, 2.45) is 0 Å². The molecular weight excluding hydrogens is 256 g/mol. The summed E-state index contributed by atoms with van der Waals surface area (Å²) in [6.07, 6.45) is 2.96. The number of carbonyl (C=O) groups excluding carboxylic acids is 1. The van der Waals surface area contributed by atoms with E-state index in [0.717, 1.165) is 42.7 Å². The van der Waals surface area contributed by atoms with E-state index in [4.69, 9.17) is 4.74 Å². The van der Waals surface area contributed by atoms with Crippen LogP contribution in [0.5, 0.6) is 5.75 Å². The Morgan fingerprint density at radius 3 is 2.60 bits per heavy atom. The van der Waals surface area contributed by atoms with Crippen LogP contribution in [0.25, 0.3) is 0 Å². The number of benzene rings is 1. The molecule has 0 saturated heterocycles. The van der Waals surface area contributed by atoms with Crippen LogP contribution in [0.3, 0.4) is 0 Å². The third-order valence-corrected chi connectivity index (χ3v) is 3.68. The van der Waals surface area contributed by atoms with Gasteiger partial charge in [-0.2, -0.15) is 0 Å². The molecule has 0 unspecified atom stereocenters. The summed E-state index contributed by atoms with van der Waals surface area (Å²) < 4.78 is 5.18. The number of urea groups is 1. The van der Waals surface area contributed by atoms with E-state index in [1.54, 1.807) is 7.11 Å². The number of methoxy groups -OCH3 is 1. The van der Waals surface area contributed by atoms with Gasteiger partial charge >= 0.3 is 6.03 Å². The van der Waals surface area contributed by atoms with Crippen LogP contribution in [0.2, 0.25) is 0 Å². The maximum atomic E-state index is 11.9. The molecule has 110 valence electrons. The lowest BCUT2D eigenvalue weighted by atomic mass is 9.93. The quantitative estimate of drug-likeness (QED) is 0.795. The lowest BCUT2D eigenvalue weighted by molar-refractivity contribution is 0.118. The number of hydrogen-bond acceptors (Lipinski definition) is 3. The molecule has 2 rings (SSSR count). The molecule has 5 nitrogen and oxygen atoms in total. The van der Waals surface area contributed by atoms with E-state index in [1.165, 1.54) is 0 Å². The van der Waals surface area contributed by atoms with Gasteiger partial charge in [0.05, 0.1) is 13.2 Å². The summed E-state index contributed by atoms with van der Waals surface area (Å²) in [6, 6.07) is 5.48. The molecule has 0 atom stereocenters. The molecule has 1 fully saturated rings. The average Bonchev–Trinajstić information content (AvgIpc) is 2.41. The van der Waals surface area contributed by atoms with E-state index in [0.29, 0.717) is 0 Å². The Morgan fingerprint density at radius 2 is 2.00 bits per heavy atom. The van der Waals surface area contributed by atoms with E-state index in [-0.39, 0.29) is 18.2 Å².